The van der Waals surface area contributed by atoms with Gasteiger partial charge in [-0.1, -0.05) is 53.3 Å². The predicted octanol–water partition coefficient (Wildman–Crippen LogP) is 7.83. The Morgan fingerprint density at radius 1 is 1.00 bits per heavy atom. The normalized spacial score (nSPS) is 11.8. The fourth-order valence-corrected chi connectivity index (χ4v) is 2.86. The minimum Gasteiger partial charge on any atom is -0.499 e. The lowest BCUT2D eigenvalue weighted by Crippen LogP contribution is -2.28. The summed E-state index contributed by atoms with van der Waals surface area (Å²) in [5, 5.41) is 0.767. The lowest BCUT2D eigenvalue weighted by atomic mass is 10.2. The molecule has 0 fully saturated rings. The fourth-order valence-electron chi connectivity index (χ4n) is 2.15. The van der Waals surface area contributed by atoms with E-state index in [0.717, 1.165) is 31.4 Å². The maximum absolute atomic E-state index is 6.26. The first-order valence-electron chi connectivity index (χ1n) is 10.1. The van der Waals surface area contributed by atoms with Gasteiger partial charge >= 0.3 is 0 Å². The zero-order valence-electron chi connectivity index (χ0n) is 18.4. The third-order valence-electron chi connectivity index (χ3n) is 3.71. The summed E-state index contributed by atoms with van der Waals surface area (Å²) >= 11 is 23.6. The monoisotopic (exact) mass is 513 g/mol. The number of hydrogen-bond donors (Lipinski definition) is 1. The number of rotatable bonds is 14. The predicted molar refractivity (Wildman–Crippen MR) is 129 cm³/mol. The van der Waals surface area contributed by atoms with Gasteiger partial charge < -0.3 is 14.2 Å². The van der Waals surface area contributed by atoms with E-state index in [0.29, 0.717) is 34.8 Å². The van der Waals surface area contributed by atoms with Crippen LogP contribution in [0.15, 0.2) is 34.7 Å². The van der Waals surface area contributed by atoms with Gasteiger partial charge in [0.25, 0.3) is 0 Å². The minimum atomic E-state index is -0.261. The molecule has 0 aliphatic rings. The maximum Gasteiger partial charge on any atom is 0.156 e. The molecule has 1 aromatic rings. The number of hydrogen-bond acceptors (Lipinski definition) is 5. The topological polar surface area (TPSA) is 49.0 Å². The van der Waals surface area contributed by atoms with Crippen molar-refractivity contribution in [3.63, 3.8) is 0 Å². The first kappa shape index (κ1) is 28.1. The number of benzene rings is 1. The molecule has 0 atom stereocenters. The molecule has 176 valence electrons. The van der Waals surface area contributed by atoms with E-state index in [4.69, 9.17) is 65.5 Å². The first-order chi connectivity index (χ1) is 14.6. The van der Waals surface area contributed by atoms with Crippen LogP contribution < -0.4 is 15.0 Å². The van der Waals surface area contributed by atoms with Crippen molar-refractivity contribution in [3.05, 3.63) is 44.7 Å². The summed E-state index contributed by atoms with van der Waals surface area (Å²) in [5.41, 5.74) is 3.58. The molecule has 31 heavy (non-hydrogen) atoms. The van der Waals surface area contributed by atoms with E-state index in [1.807, 2.05) is 27.7 Å². The van der Waals surface area contributed by atoms with Gasteiger partial charge in [-0.3, -0.25) is 10.3 Å². The summed E-state index contributed by atoms with van der Waals surface area (Å²) in [6.45, 7) is 9.32. The van der Waals surface area contributed by atoms with Crippen LogP contribution in [0.1, 0.15) is 53.4 Å². The standard InChI is InChI=1S/C22H31Cl4NO4/c1-5-16(27-31-22(2,3)4)15-28-10-7-6-8-11-30-21-18(23)13-17(14-19(21)24)29-12-9-20(25)26/h9,13-15,27H,5-8,10-12H2,1-4H3. The minimum absolute atomic E-state index is 0.135. The fraction of sp³-hybridized carbons (Fsp3) is 0.545. The number of nitrogens with one attached hydrogen (secondary N) is 1. The molecular weight excluding hydrogens is 484 g/mol. The summed E-state index contributed by atoms with van der Waals surface area (Å²) in [6.07, 6.45) is 6.73. The second-order valence-corrected chi connectivity index (χ2v) is 9.44. The average Bonchev–Trinajstić information content (AvgIpc) is 2.66. The van der Waals surface area contributed by atoms with Crippen LogP contribution in [0.3, 0.4) is 0 Å². The highest BCUT2D eigenvalue weighted by atomic mass is 35.5. The molecular formula is C22H31Cl4NO4. The summed E-state index contributed by atoms with van der Waals surface area (Å²) in [7, 11) is 0. The molecule has 0 saturated heterocycles. The second-order valence-electron chi connectivity index (χ2n) is 7.61. The van der Waals surface area contributed by atoms with Gasteiger partial charge in [0, 0.05) is 12.1 Å². The average molecular weight is 515 g/mol. The van der Waals surface area contributed by atoms with Gasteiger partial charge in [0.05, 0.1) is 34.6 Å². The third kappa shape index (κ3) is 13.2. The molecule has 0 aliphatic heterocycles. The molecule has 0 saturated carbocycles. The van der Waals surface area contributed by atoms with E-state index >= 15 is 0 Å². The Labute approximate surface area is 205 Å². The quantitative estimate of drug-likeness (QED) is 0.156. The van der Waals surface area contributed by atoms with Gasteiger partial charge in [-0.05, 0) is 52.5 Å². The zero-order valence-corrected chi connectivity index (χ0v) is 21.4. The number of unbranched alkanes of at least 4 members (excludes halogenated alkanes) is 2. The Bertz CT molecular complexity index is 706. The van der Waals surface area contributed by atoms with Crippen LogP contribution in [0, 0.1) is 0 Å². The van der Waals surface area contributed by atoms with E-state index in [1.54, 1.807) is 18.4 Å². The molecule has 0 bridgehead atoms. The largest absolute Gasteiger partial charge is 0.499 e. The van der Waals surface area contributed by atoms with Crippen molar-refractivity contribution in [2.75, 3.05) is 19.8 Å². The van der Waals surface area contributed by atoms with Crippen LogP contribution in [0.25, 0.3) is 0 Å². The number of ether oxygens (including phenoxy) is 3. The molecule has 0 aliphatic carbocycles. The van der Waals surface area contributed by atoms with E-state index in [-0.39, 0.29) is 16.7 Å². The molecule has 1 rings (SSSR count). The molecule has 0 aromatic heterocycles. The van der Waals surface area contributed by atoms with Crippen LogP contribution in [-0.4, -0.2) is 25.4 Å². The van der Waals surface area contributed by atoms with Crippen molar-refractivity contribution in [2.24, 2.45) is 0 Å². The van der Waals surface area contributed by atoms with Crippen LogP contribution in [0.2, 0.25) is 10.0 Å². The smallest absolute Gasteiger partial charge is 0.156 e. The summed E-state index contributed by atoms with van der Waals surface area (Å²) < 4.78 is 16.9. The first-order valence-corrected chi connectivity index (χ1v) is 11.6. The highest BCUT2D eigenvalue weighted by molar-refractivity contribution is 6.55. The zero-order chi connectivity index (χ0) is 23.3. The Balaban J connectivity index is 2.29. The number of hydroxylamine groups is 1. The van der Waals surface area contributed by atoms with Crippen molar-refractivity contribution in [1.29, 1.82) is 0 Å². The summed E-state index contributed by atoms with van der Waals surface area (Å²) in [5.74, 6) is 0.950. The molecule has 0 unspecified atom stereocenters. The van der Waals surface area contributed by atoms with Gasteiger partial charge in [0.1, 0.15) is 23.1 Å². The molecule has 0 spiro atoms. The van der Waals surface area contributed by atoms with E-state index < -0.39 is 0 Å². The van der Waals surface area contributed by atoms with Crippen molar-refractivity contribution in [2.45, 2.75) is 59.0 Å². The van der Waals surface area contributed by atoms with Crippen molar-refractivity contribution < 1.29 is 19.0 Å². The lowest BCUT2D eigenvalue weighted by Gasteiger charge is -2.20. The van der Waals surface area contributed by atoms with Crippen molar-refractivity contribution in [1.82, 2.24) is 5.48 Å². The Hall–Kier alpha value is -0.980. The number of allylic oxidation sites excluding steroid dienone is 1. The Morgan fingerprint density at radius 2 is 1.65 bits per heavy atom. The molecule has 1 N–H and O–H groups in total. The summed E-state index contributed by atoms with van der Waals surface area (Å²) in [4.78, 5) is 5.53. The maximum atomic E-state index is 6.26. The Morgan fingerprint density at radius 3 is 2.23 bits per heavy atom. The van der Waals surface area contributed by atoms with Crippen molar-refractivity contribution >= 4 is 46.4 Å². The van der Waals surface area contributed by atoms with Gasteiger partial charge in [-0.15, -0.1) is 0 Å². The molecule has 5 nitrogen and oxygen atoms in total. The van der Waals surface area contributed by atoms with Gasteiger partial charge in [0.2, 0.25) is 0 Å². The highest BCUT2D eigenvalue weighted by Gasteiger charge is 2.11. The number of halogens is 4. The molecule has 0 heterocycles. The van der Waals surface area contributed by atoms with Crippen molar-refractivity contribution in [3.8, 4) is 11.5 Å². The lowest BCUT2D eigenvalue weighted by molar-refractivity contribution is -0.0601. The van der Waals surface area contributed by atoms with E-state index in [9.17, 15) is 0 Å². The second kappa shape index (κ2) is 15.0. The Kier molecular flexibility index (Phi) is 13.5. The van der Waals surface area contributed by atoms with Gasteiger partial charge in [-0.2, -0.15) is 0 Å². The highest BCUT2D eigenvalue weighted by Crippen LogP contribution is 2.37. The van der Waals surface area contributed by atoms with Crippen LogP contribution in [0.4, 0.5) is 0 Å². The molecule has 0 radical (unpaired) electrons. The van der Waals surface area contributed by atoms with E-state index in [2.05, 4.69) is 5.48 Å². The SMILES string of the molecule is CCC(=COCCCCCOc1c(Cl)cc(OCC=C(Cl)Cl)cc1Cl)NOC(C)(C)C. The van der Waals surface area contributed by atoms with Crippen LogP contribution >= 0.6 is 46.4 Å². The van der Waals surface area contributed by atoms with Gasteiger partial charge in [-0.25, -0.2) is 0 Å². The molecule has 1 aromatic carbocycles. The molecule has 0 amide bonds. The van der Waals surface area contributed by atoms with Crippen LogP contribution in [0.5, 0.6) is 11.5 Å². The molecule has 9 heteroatoms. The van der Waals surface area contributed by atoms with Crippen LogP contribution in [-0.2, 0) is 9.57 Å². The van der Waals surface area contributed by atoms with E-state index in [1.165, 1.54) is 6.08 Å². The summed E-state index contributed by atoms with van der Waals surface area (Å²) in [6, 6.07) is 3.28. The van der Waals surface area contributed by atoms with Gasteiger partial charge in [0.15, 0.2) is 5.75 Å². The third-order valence-corrected chi connectivity index (χ3v) is 4.58.